The molecule has 1 saturated heterocycles. The van der Waals surface area contributed by atoms with Crippen LogP contribution in [0, 0.1) is 0 Å². The summed E-state index contributed by atoms with van der Waals surface area (Å²) in [5.74, 6) is -0.0225. The summed E-state index contributed by atoms with van der Waals surface area (Å²) in [6.07, 6.45) is 0.793. The molecule has 82 valence electrons. The summed E-state index contributed by atoms with van der Waals surface area (Å²) < 4.78 is 11.4. The van der Waals surface area contributed by atoms with Crippen LogP contribution >= 0.6 is 11.6 Å². The molecule has 0 spiro atoms. The zero-order valence-corrected chi connectivity index (χ0v) is 9.54. The van der Waals surface area contributed by atoms with Gasteiger partial charge in [-0.15, -0.1) is 11.6 Å². The second-order valence-corrected chi connectivity index (χ2v) is 4.31. The molecule has 2 atom stereocenters. The fourth-order valence-electron chi connectivity index (χ4n) is 1.83. The Labute approximate surface area is 95.1 Å². The molecule has 15 heavy (non-hydrogen) atoms. The van der Waals surface area contributed by atoms with Crippen LogP contribution in [-0.4, -0.2) is 24.4 Å². The number of hydrogen-bond acceptors (Lipinski definition) is 2. The molecule has 0 bridgehead atoms. The van der Waals surface area contributed by atoms with Gasteiger partial charge in [-0.05, 0) is 12.5 Å². The van der Waals surface area contributed by atoms with Crippen LogP contribution < -0.4 is 0 Å². The first-order valence-corrected chi connectivity index (χ1v) is 5.67. The lowest BCUT2D eigenvalue weighted by Crippen LogP contribution is -2.29. The second-order valence-electron chi connectivity index (χ2n) is 4.00. The molecular formula is C12H15ClO2. The van der Waals surface area contributed by atoms with E-state index in [0.29, 0.717) is 12.5 Å². The number of halogens is 1. The molecule has 1 fully saturated rings. The molecular weight excluding hydrogens is 212 g/mol. The minimum absolute atomic E-state index is 0.0281. The topological polar surface area (TPSA) is 18.5 Å². The largest absolute Gasteiger partial charge is 0.347 e. The van der Waals surface area contributed by atoms with E-state index in [1.807, 2.05) is 25.1 Å². The standard InChI is InChI=1S/C12H15ClO2/c1-12(14-9-11(8-13)15-12)7-10-5-3-2-4-6-10/h2-6,11H,7-9H2,1H3. The van der Waals surface area contributed by atoms with Gasteiger partial charge in [0.2, 0.25) is 0 Å². The van der Waals surface area contributed by atoms with E-state index in [2.05, 4.69) is 12.1 Å². The Kier molecular flexibility index (Phi) is 3.29. The van der Waals surface area contributed by atoms with Crippen LogP contribution in [-0.2, 0) is 15.9 Å². The maximum absolute atomic E-state index is 5.75. The number of alkyl halides is 1. The zero-order chi connectivity index (χ0) is 10.7. The van der Waals surface area contributed by atoms with Gasteiger partial charge >= 0.3 is 0 Å². The molecule has 2 rings (SSSR count). The molecule has 1 aromatic rings. The Bertz CT molecular complexity index is 315. The highest BCUT2D eigenvalue weighted by Gasteiger charge is 2.36. The van der Waals surface area contributed by atoms with Gasteiger partial charge < -0.3 is 9.47 Å². The molecule has 2 nitrogen and oxygen atoms in total. The van der Waals surface area contributed by atoms with Crippen molar-refractivity contribution >= 4 is 11.6 Å². The van der Waals surface area contributed by atoms with Crippen LogP contribution in [0.1, 0.15) is 12.5 Å². The summed E-state index contributed by atoms with van der Waals surface area (Å²) >= 11 is 5.73. The zero-order valence-electron chi connectivity index (χ0n) is 8.78. The van der Waals surface area contributed by atoms with Crippen LogP contribution in [0.4, 0.5) is 0 Å². The van der Waals surface area contributed by atoms with Crippen LogP contribution in [0.15, 0.2) is 30.3 Å². The lowest BCUT2D eigenvalue weighted by atomic mass is 10.1. The van der Waals surface area contributed by atoms with Crippen LogP contribution in [0.3, 0.4) is 0 Å². The lowest BCUT2D eigenvalue weighted by Gasteiger charge is -2.23. The van der Waals surface area contributed by atoms with E-state index in [1.54, 1.807) is 0 Å². The molecule has 1 aliphatic heterocycles. The van der Waals surface area contributed by atoms with Gasteiger partial charge in [-0.1, -0.05) is 30.3 Å². The number of benzene rings is 1. The smallest absolute Gasteiger partial charge is 0.170 e. The van der Waals surface area contributed by atoms with Gasteiger partial charge in [0, 0.05) is 6.42 Å². The van der Waals surface area contributed by atoms with E-state index in [4.69, 9.17) is 21.1 Å². The van der Waals surface area contributed by atoms with Crippen molar-refractivity contribution in [2.24, 2.45) is 0 Å². The Hall–Kier alpha value is -0.570. The van der Waals surface area contributed by atoms with Crippen molar-refractivity contribution in [3.63, 3.8) is 0 Å². The average Bonchev–Trinajstić information content (AvgIpc) is 2.61. The van der Waals surface area contributed by atoms with Crippen LogP contribution in [0.5, 0.6) is 0 Å². The van der Waals surface area contributed by atoms with Crippen molar-refractivity contribution in [2.75, 3.05) is 12.5 Å². The highest BCUT2D eigenvalue weighted by Crippen LogP contribution is 2.27. The van der Waals surface area contributed by atoms with Gasteiger partial charge in [0.1, 0.15) is 0 Å². The molecule has 1 aliphatic rings. The predicted molar refractivity (Wildman–Crippen MR) is 60.1 cm³/mol. The normalized spacial score (nSPS) is 30.7. The van der Waals surface area contributed by atoms with E-state index >= 15 is 0 Å². The first-order valence-electron chi connectivity index (χ1n) is 5.13. The molecule has 2 unspecified atom stereocenters. The maximum atomic E-state index is 5.75. The summed E-state index contributed by atoms with van der Waals surface area (Å²) in [5.41, 5.74) is 1.22. The van der Waals surface area contributed by atoms with Crippen molar-refractivity contribution in [2.45, 2.75) is 25.2 Å². The van der Waals surface area contributed by atoms with E-state index in [-0.39, 0.29) is 6.10 Å². The van der Waals surface area contributed by atoms with Crippen molar-refractivity contribution in [1.29, 1.82) is 0 Å². The summed E-state index contributed by atoms with van der Waals surface area (Å²) in [4.78, 5) is 0. The molecule has 0 N–H and O–H groups in total. The maximum Gasteiger partial charge on any atom is 0.170 e. The molecule has 0 radical (unpaired) electrons. The summed E-state index contributed by atoms with van der Waals surface area (Å²) in [6.45, 7) is 2.55. The van der Waals surface area contributed by atoms with Gasteiger partial charge in [-0.2, -0.15) is 0 Å². The molecule has 3 heteroatoms. The summed E-state index contributed by atoms with van der Waals surface area (Å²) in [5, 5.41) is 0. The molecule has 0 saturated carbocycles. The van der Waals surface area contributed by atoms with E-state index in [1.165, 1.54) is 5.56 Å². The van der Waals surface area contributed by atoms with E-state index < -0.39 is 5.79 Å². The predicted octanol–water partition coefficient (Wildman–Crippen LogP) is 2.60. The number of hydrogen-bond donors (Lipinski definition) is 0. The number of ether oxygens (including phenoxy) is 2. The Morgan fingerprint density at radius 1 is 1.40 bits per heavy atom. The third-order valence-electron chi connectivity index (χ3n) is 2.53. The first-order chi connectivity index (χ1) is 7.22. The molecule has 0 aromatic heterocycles. The summed E-state index contributed by atoms with van der Waals surface area (Å²) in [6, 6.07) is 10.2. The molecule has 1 heterocycles. The van der Waals surface area contributed by atoms with Crippen LogP contribution in [0.25, 0.3) is 0 Å². The van der Waals surface area contributed by atoms with E-state index in [9.17, 15) is 0 Å². The molecule has 1 aromatic carbocycles. The Morgan fingerprint density at radius 2 is 2.13 bits per heavy atom. The van der Waals surface area contributed by atoms with Gasteiger partial charge in [0.05, 0.1) is 18.6 Å². The Morgan fingerprint density at radius 3 is 2.73 bits per heavy atom. The molecule has 0 aliphatic carbocycles. The fourth-order valence-corrected chi connectivity index (χ4v) is 1.98. The van der Waals surface area contributed by atoms with Gasteiger partial charge in [-0.3, -0.25) is 0 Å². The second kappa shape index (κ2) is 4.52. The van der Waals surface area contributed by atoms with Crippen molar-refractivity contribution in [3.8, 4) is 0 Å². The lowest BCUT2D eigenvalue weighted by molar-refractivity contribution is -0.149. The van der Waals surface area contributed by atoms with Gasteiger partial charge in [0.25, 0.3) is 0 Å². The van der Waals surface area contributed by atoms with Crippen molar-refractivity contribution in [3.05, 3.63) is 35.9 Å². The third-order valence-corrected chi connectivity index (χ3v) is 2.87. The Balaban J connectivity index is 2.00. The van der Waals surface area contributed by atoms with E-state index in [0.717, 1.165) is 6.42 Å². The first kappa shape index (κ1) is 10.9. The van der Waals surface area contributed by atoms with Gasteiger partial charge in [-0.25, -0.2) is 0 Å². The quantitative estimate of drug-likeness (QED) is 0.738. The SMILES string of the molecule is CC1(Cc2ccccc2)OCC(CCl)O1. The van der Waals surface area contributed by atoms with Crippen molar-refractivity contribution in [1.82, 2.24) is 0 Å². The highest BCUT2D eigenvalue weighted by molar-refractivity contribution is 6.18. The number of rotatable bonds is 3. The molecule has 0 amide bonds. The van der Waals surface area contributed by atoms with Crippen LogP contribution in [0.2, 0.25) is 0 Å². The monoisotopic (exact) mass is 226 g/mol. The highest BCUT2D eigenvalue weighted by atomic mass is 35.5. The summed E-state index contributed by atoms with van der Waals surface area (Å²) in [7, 11) is 0. The minimum atomic E-state index is -0.513. The minimum Gasteiger partial charge on any atom is -0.347 e. The third kappa shape index (κ3) is 2.71. The fraction of sp³-hybridized carbons (Fsp3) is 0.500. The van der Waals surface area contributed by atoms with Crippen molar-refractivity contribution < 1.29 is 9.47 Å². The average molecular weight is 227 g/mol. The van der Waals surface area contributed by atoms with Gasteiger partial charge in [0.15, 0.2) is 5.79 Å².